The highest BCUT2D eigenvalue weighted by atomic mass is 16.6. The average molecular weight is 507 g/mol. The van der Waals surface area contributed by atoms with Crippen molar-refractivity contribution in [3.8, 4) is 0 Å². The third-order valence-corrected chi connectivity index (χ3v) is 7.98. The van der Waals surface area contributed by atoms with Gasteiger partial charge in [-0.05, 0) is 56.9 Å². The number of piperidine rings is 1. The smallest absolute Gasteiger partial charge is 0.310 e. The summed E-state index contributed by atoms with van der Waals surface area (Å²) in [4.78, 5) is 44.0. The molecule has 0 saturated carbocycles. The molecule has 3 aliphatic heterocycles. The van der Waals surface area contributed by atoms with Crippen LogP contribution in [-0.2, 0) is 20.7 Å². The maximum Gasteiger partial charge on any atom is 0.310 e. The van der Waals surface area contributed by atoms with Crippen LogP contribution in [0.5, 0.6) is 0 Å². The van der Waals surface area contributed by atoms with Gasteiger partial charge in [0.1, 0.15) is 0 Å². The number of likely N-dealkylation sites (tertiary alicyclic amines) is 1. The quantitative estimate of drug-likeness (QED) is 0.347. The van der Waals surface area contributed by atoms with E-state index in [9.17, 15) is 19.7 Å². The Bertz CT molecular complexity index is 1180. The summed E-state index contributed by atoms with van der Waals surface area (Å²) < 4.78 is 5.24. The van der Waals surface area contributed by atoms with Crippen LogP contribution in [0.15, 0.2) is 42.5 Å². The van der Waals surface area contributed by atoms with Gasteiger partial charge in [0.2, 0.25) is 5.91 Å². The molecule has 196 valence electrons. The van der Waals surface area contributed by atoms with Gasteiger partial charge in [0.15, 0.2) is 0 Å². The molecule has 0 N–H and O–H groups in total. The van der Waals surface area contributed by atoms with Crippen LogP contribution in [0.3, 0.4) is 0 Å². The van der Waals surface area contributed by atoms with Crippen molar-refractivity contribution in [1.29, 1.82) is 0 Å². The lowest BCUT2D eigenvalue weighted by atomic mass is 9.82. The van der Waals surface area contributed by atoms with Gasteiger partial charge in [-0.2, -0.15) is 0 Å². The SMILES string of the molecule is CCOC(=O)C1CCCN(C(=O)C2Cc3cc([N+](=O)[O-])ccc3N3CCN(c4ccc(C)cc4)CC23)C1. The number of nitro benzene ring substituents is 1. The van der Waals surface area contributed by atoms with Crippen LogP contribution < -0.4 is 9.80 Å². The molecule has 2 fully saturated rings. The molecular weight excluding hydrogens is 472 g/mol. The number of hydrogen-bond donors (Lipinski definition) is 0. The highest BCUT2D eigenvalue weighted by molar-refractivity contribution is 5.84. The standard InChI is InChI=1S/C28H34N4O5/c1-3-37-28(34)20-5-4-12-30(17-20)27(33)24-16-21-15-23(32(35)36)10-11-25(21)31-14-13-29(18-26(24)31)22-8-6-19(2)7-9-22/h6-11,15,20,24,26H,3-5,12-14,16-18H2,1-2H3. The number of carbonyl (C=O) groups is 2. The Kier molecular flexibility index (Phi) is 7.04. The second-order valence-corrected chi connectivity index (χ2v) is 10.3. The van der Waals surface area contributed by atoms with Crippen molar-refractivity contribution >= 4 is 28.9 Å². The first kappa shape index (κ1) is 25.0. The number of carbonyl (C=O) groups excluding carboxylic acids is 2. The molecule has 0 radical (unpaired) electrons. The minimum atomic E-state index is -0.382. The molecule has 9 heteroatoms. The number of benzene rings is 2. The van der Waals surface area contributed by atoms with E-state index in [0.717, 1.165) is 42.9 Å². The lowest BCUT2D eigenvalue weighted by Crippen LogP contribution is -2.62. The van der Waals surface area contributed by atoms with E-state index in [-0.39, 0.29) is 40.4 Å². The Morgan fingerprint density at radius 3 is 2.59 bits per heavy atom. The van der Waals surface area contributed by atoms with Gasteiger partial charge in [0.05, 0.1) is 29.4 Å². The number of non-ortho nitro benzene ring substituents is 1. The zero-order valence-corrected chi connectivity index (χ0v) is 21.5. The normalized spacial score (nSPS) is 23.2. The van der Waals surface area contributed by atoms with E-state index < -0.39 is 0 Å². The van der Waals surface area contributed by atoms with Crippen molar-refractivity contribution < 1.29 is 19.2 Å². The molecule has 3 atom stereocenters. The molecule has 1 amide bonds. The van der Waals surface area contributed by atoms with Crippen molar-refractivity contribution in [1.82, 2.24) is 4.90 Å². The molecule has 2 aromatic carbocycles. The van der Waals surface area contributed by atoms with Crippen LogP contribution in [0.1, 0.15) is 30.9 Å². The first-order chi connectivity index (χ1) is 17.9. The van der Waals surface area contributed by atoms with Crippen LogP contribution in [0, 0.1) is 28.9 Å². The predicted molar refractivity (Wildman–Crippen MR) is 141 cm³/mol. The van der Waals surface area contributed by atoms with E-state index in [2.05, 4.69) is 41.0 Å². The highest BCUT2D eigenvalue weighted by Crippen LogP contribution is 2.39. The minimum absolute atomic E-state index is 0.0203. The van der Waals surface area contributed by atoms with Gasteiger partial charge in [-0.25, -0.2) is 0 Å². The Morgan fingerprint density at radius 2 is 1.86 bits per heavy atom. The molecule has 0 spiro atoms. The predicted octanol–water partition coefficient (Wildman–Crippen LogP) is 3.57. The number of amides is 1. The molecule has 5 rings (SSSR count). The first-order valence-corrected chi connectivity index (χ1v) is 13.2. The van der Waals surface area contributed by atoms with Gasteiger partial charge in [-0.1, -0.05) is 17.7 Å². The number of anilines is 2. The van der Waals surface area contributed by atoms with Crippen LogP contribution >= 0.6 is 0 Å². The maximum absolute atomic E-state index is 14.0. The van der Waals surface area contributed by atoms with E-state index >= 15 is 0 Å². The summed E-state index contributed by atoms with van der Waals surface area (Å²) in [5.74, 6) is -0.883. The third-order valence-electron chi connectivity index (χ3n) is 7.98. The number of ether oxygens (including phenoxy) is 1. The summed E-state index contributed by atoms with van der Waals surface area (Å²) in [6.45, 7) is 7.37. The summed E-state index contributed by atoms with van der Waals surface area (Å²) in [7, 11) is 0. The fourth-order valence-electron chi connectivity index (χ4n) is 6.06. The molecule has 0 aromatic heterocycles. The summed E-state index contributed by atoms with van der Waals surface area (Å²) in [5, 5.41) is 11.5. The van der Waals surface area contributed by atoms with Crippen molar-refractivity contribution in [2.24, 2.45) is 11.8 Å². The summed E-state index contributed by atoms with van der Waals surface area (Å²) >= 11 is 0. The van der Waals surface area contributed by atoms with Gasteiger partial charge < -0.3 is 19.4 Å². The van der Waals surface area contributed by atoms with Crippen molar-refractivity contribution in [3.05, 3.63) is 63.7 Å². The summed E-state index contributed by atoms with van der Waals surface area (Å²) in [6, 6.07) is 13.4. The van der Waals surface area contributed by atoms with E-state index in [1.807, 2.05) is 11.0 Å². The molecule has 9 nitrogen and oxygen atoms in total. The Balaban J connectivity index is 1.44. The second-order valence-electron chi connectivity index (χ2n) is 10.3. The van der Waals surface area contributed by atoms with Crippen LogP contribution in [0.2, 0.25) is 0 Å². The van der Waals surface area contributed by atoms with Gasteiger partial charge >= 0.3 is 5.97 Å². The number of nitrogens with zero attached hydrogens (tertiary/aromatic N) is 4. The van der Waals surface area contributed by atoms with E-state index in [0.29, 0.717) is 32.7 Å². The molecular formula is C28H34N4O5. The molecule has 0 aliphatic carbocycles. The minimum Gasteiger partial charge on any atom is -0.466 e. The summed E-state index contributed by atoms with van der Waals surface area (Å²) in [5.41, 5.74) is 4.19. The Hall–Kier alpha value is -3.62. The average Bonchev–Trinajstić information content (AvgIpc) is 2.92. The largest absolute Gasteiger partial charge is 0.466 e. The number of piperazine rings is 1. The van der Waals surface area contributed by atoms with E-state index in [4.69, 9.17) is 4.74 Å². The fraction of sp³-hybridized carbons (Fsp3) is 0.500. The molecule has 3 unspecified atom stereocenters. The van der Waals surface area contributed by atoms with Crippen molar-refractivity contribution in [3.63, 3.8) is 0 Å². The molecule has 0 bridgehead atoms. The van der Waals surface area contributed by atoms with Crippen LogP contribution in [0.4, 0.5) is 17.1 Å². The van der Waals surface area contributed by atoms with Crippen LogP contribution in [-0.4, -0.2) is 67.1 Å². The zero-order valence-electron chi connectivity index (χ0n) is 21.5. The monoisotopic (exact) mass is 506 g/mol. The number of aryl methyl sites for hydroxylation is 1. The van der Waals surface area contributed by atoms with Gasteiger partial charge in [0, 0.05) is 56.2 Å². The molecule has 2 aromatic rings. The van der Waals surface area contributed by atoms with Gasteiger partial charge in [0.25, 0.3) is 5.69 Å². The fourth-order valence-corrected chi connectivity index (χ4v) is 6.06. The lowest BCUT2D eigenvalue weighted by Gasteiger charge is -2.50. The van der Waals surface area contributed by atoms with E-state index in [1.165, 1.54) is 5.56 Å². The van der Waals surface area contributed by atoms with Gasteiger partial charge in [-0.3, -0.25) is 19.7 Å². The Labute approximate surface area is 217 Å². The number of nitro groups is 1. The topological polar surface area (TPSA) is 96.2 Å². The molecule has 2 saturated heterocycles. The Morgan fingerprint density at radius 1 is 1.08 bits per heavy atom. The van der Waals surface area contributed by atoms with Crippen molar-refractivity contribution in [2.75, 3.05) is 49.1 Å². The molecule has 3 heterocycles. The maximum atomic E-state index is 14.0. The number of fused-ring (bicyclic) bond motifs is 3. The third kappa shape index (κ3) is 4.99. The van der Waals surface area contributed by atoms with Crippen molar-refractivity contribution in [2.45, 2.75) is 39.2 Å². The van der Waals surface area contributed by atoms with Gasteiger partial charge in [-0.15, -0.1) is 0 Å². The lowest BCUT2D eigenvalue weighted by molar-refractivity contribution is -0.384. The highest BCUT2D eigenvalue weighted by Gasteiger charge is 2.44. The number of rotatable bonds is 5. The zero-order chi connectivity index (χ0) is 26.1. The number of esters is 1. The number of hydrogen-bond acceptors (Lipinski definition) is 7. The van der Waals surface area contributed by atoms with Crippen LogP contribution in [0.25, 0.3) is 0 Å². The van der Waals surface area contributed by atoms with E-state index in [1.54, 1.807) is 19.1 Å². The first-order valence-electron chi connectivity index (χ1n) is 13.2. The summed E-state index contributed by atoms with van der Waals surface area (Å²) in [6.07, 6.45) is 1.92. The second kappa shape index (κ2) is 10.4. The molecule has 3 aliphatic rings. The molecule has 37 heavy (non-hydrogen) atoms.